The number of hydrogen-bond donors (Lipinski definition) is 2. The number of rotatable bonds is 9. The smallest absolute Gasteiger partial charge is 0.387 e. The number of carbonyl (C=O) groups excluding carboxylic acids is 1. The highest BCUT2D eigenvalue weighted by atomic mass is 32.2. The van der Waals surface area contributed by atoms with Crippen molar-refractivity contribution in [2.24, 2.45) is 0 Å². The second-order valence-electron chi connectivity index (χ2n) is 6.28. The summed E-state index contributed by atoms with van der Waals surface area (Å²) in [6.07, 6.45) is 0.494. The van der Waals surface area contributed by atoms with E-state index >= 15 is 0 Å². The summed E-state index contributed by atoms with van der Waals surface area (Å²) in [5, 5.41) is 5.30. The number of urea groups is 1. The van der Waals surface area contributed by atoms with Gasteiger partial charge in [-0.1, -0.05) is 30.3 Å². The molecule has 158 valence electrons. The Kier molecular flexibility index (Phi) is 7.91. The summed E-state index contributed by atoms with van der Waals surface area (Å²) in [5.41, 5.74) is 1.32. The van der Waals surface area contributed by atoms with Crippen LogP contribution in [0, 0.1) is 0 Å². The second kappa shape index (κ2) is 10.2. The minimum atomic E-state index is -3.62. The highest BCUT2D eigenvalue weighted by Gasteiger charge is 2.20. The Labute approximate surface area is 168 Å². The lowest BCUT2D eigenvalue weighted by molar-refractivity contribution is -0.0498. The third kappa shape index (κ3) is 6.68. The van der Waals surface area contributed by atoms with Crippen molar-refractivity contribution in [2.75, 3.05) is 20.6 Å². The first-order valence-corrected chi connectivity index (χ1v) is 10.2. The van der Waals surface area contributed by atoms with Crippen LogP contribution in [0.2, 0.25) is 0 Å². The molecule has 10 heteroatoms. The molecule has 0 saturated carbocycles. The molecule has 2 amide bonds. The lowest BCUT2D eigenvalue weighted by Crippen LogP contribution is -2.36. The molecule has 0 aliphatic rings. The number of carbonyl (C=O) groups is 1. The summed E-state index contributed by atoms with van der Waals surface area (Å²) in [7, 11) is -0.729. The van der Waals surface area contributed by atoms with E-state index in [1.54, 1.807) is 30.3 Å². The number of nitrogens with zero attached hydrogens (tertiary/aromatic N) is 1. The molecule has 0 aromatic heterocycles. The van der Waals surface area contributed by atoms with Gasteiger partial charge in [-0.05, 0) is 35.7 Å². The molecular weight excluding hydrogens is 404 g/mol. The Morgan fingerprint density at radius 3 is 2.34 bits per heavy atom. The van der Waals surface area contributed by atoms with Gasteiger partial charge in [0.2, 0.25) is 10.0 Å². The first-order chi connectivity index (χ1) is 13.7. The van der Waals surface area contributed by atoms with Crippen molar-refractivity contribution in [3.05, 3.63) is 59.7 Å². The first kappa shape index (κ1) is 22.6. The van der Waals surface area contributed by atoms with E-state index < -0.39 is 22.7 Å². The fourth-order valence-electron chi connectivity index (χ4n) is 2.49. The molecule has 0 saturated heterocycles. The van der Waals surface area contributed by atoms with Crippen LogP contribution in [-0.4, -0.2) is 46.0 Å². The van der Waals surface area contributed by atoms with Crippen LogP contribution in [0.5, 0.6) is 5.75 Å². The molecule has 0 aliphatic heterocycles. The van der Waals surface area contributed by atoms with E-state index in [1.165, 1.54) is 32.3 Å². The van der Waals surface area contributed by atoms with Gasteiger partial charge in [0.1, 0.15) is 5.75 Å². The average Bonchev–Trinajstić information content (AvgIpc) is 2.67. The molecule has 0 atom stereocenters. The molecule has 0 unspecified atom stereocenters. The fourth-order valence-corrected chi connectivity index (χ4v) is 3.61. The van der Waals surface area contributed by atoms with Gasteiger partial charge in [-0.3, -0.25) is 0 Å². The monoisotopic (exact) mass is 427 g/mol. The molecule has 0 bridgehead atoms. The van der Waals surface area contributed by atoms with Gasteiger partial charge in [0.25, 0.3) is 0 Å². The predicted octanol–water partition coefficient (Wildman–Crippen LogP) is 2.58. The molecule has 0 heterocycles. The number of sulfonamides is 1. The zero-order valence-corrected chi connectivity index (χ0v) is 16.9. The van der Waals surface area contributed by atoms with Crippen LogP contribution in [-0.2, 0) is 23.0 Å². The third-order valence-corrected chi connectivity index (χ3v) is 5.93. The molecule has 0 fully saturated rings. The van der Waals surface area contributed by atoms with Crippen molar-refractivity contribution in [1.29, 1.82) is 0 Å². The van der Waals surface area contributed by atoms with Crippen LogP contribution in [0.15, 0.2) is 53.4 Å². The minimum Gasteiger partial charge on any atom is -0.435 e. The summed E-state index contributed by atoms with van der Waals surface area (Å²) in [6, 6.07) is 12.2. The number of alkyl halides is 2. The fraction of sp³-hybridized carbons (Fsp3) is 0.316. The van der Waals surface area contributed by atoms with Crippen LogP contribution in [0.3, 0.4) is 0 Å². The second-order valence-corrected chi connectivity index (χ2v) is 8.40. The van der Waals surface area contributed by atoms with E-state index in [0.29, 0.717) is 18.5 Å². The SMILES string of the molecule is CN(C)S(=O)(=O)c1ccccc1CNC(=O)NCCc1ccc(OC(F)F)cc1. The van der Waals surface area contributed by atoms with Crippen LogP contribution in [0.25, 0.3) is 0 Å². The van der Waals surface area contributed by atoms with Gasteiger partial charge in [-0.2, -0.15) is 8.78 Å². The van der Waals surface area contributed by atoms with Crippen LogP contribution in [0.1, 0.15) is 11.1 Å². The average molecular weight is 427 g/mol. The zero-order valence-electron chi connectivity index (χ0n) is 16.1. The van der Waals surface area contributed by atoms with Gasteiger partial charge in [0, 0.05) is 27.2 Å². The zero-order chi connectivity index (χ0) is 21.4. The molecule has 2 aromatic rings. The molecule has 2 N–H and O–H groups in total. The maximum absolute atomic E-state index is 12.4. The molecule has 2 rings (SSSR count). The van der Waals surface area contributed by atoms with Crippen molar-refractivity contribution in [1.82, 2.24) is 14.9 Å². The Morgan fingerprint density at radius 2 is 1.72 bits per heavy atom. The number of nitrogens with one attached hydrogen (secondary N) is 2. The van der Waals surface area contributed by atoms with Crippen molar-refractivity contribution >= 4 is 16.1 Å². The highest BCUT2D eigenvalue weighted by Crippen LogP contribution is 2.18. The number of benzene rings is 2. The molecular formula is C19H23F2N3O4S. The van der Waals surface area contributed by atoms with E-state index in [4.69, 9.17) is 0 Å². The largest absolute Gasteiger partial charge is 0.435 e. The van der Waals surface area contributed by atoms with Crippen LogP contribution < -0.4 is 15.4 Å². The predicted molar refractivity (Wildman–Crippen MR) is 104 cm³/mol. The molecule has 29 heavy (non-hydrogen) atoms. The summed E-state index contributed by atoms with van der Waals surface area (Å²) >= 11 is 0. The number of ether oxygens (including phenoxy) is 1. The van der Waals surface area contributed by atoms with Gasteiger partial charge < -0.3 is 15.4 Å². The van der Waals surface area contributed by atoms with Gasteiger partial charge in [0.15, 0.2) is 0 Å². The lowest BCUT2D eigenvalue weighted by Gasteiger charge is -2.15. The maximum Gasteiger partial charge on any atom is 0.387 e. The number of halogens is 2. The van der Waals surface area contributed by atoms with Crippen LogP contribution in [0.4, 0.5) is 13.6 Å². The number of hydrogen-bond acceptors (Lipinski definition) is 4. The normalized spacial score (nSPS) is 11.5. The summed E-state index contributed by atoms with van der Waals surface area (Å²) < 4.78 is 54.4. The van der Waals surface area contributed by atoms with E-state index in [9.17, 15) is 22.0 Å². The van der Waals surface area contributed by atoms with Gasteiger partial charge in [-0.15, -0.1) is 0 Å². The van der Waals surface area contributed by atoms with Gasteiger partial charge in [0.05, 0.1) is 4.90 Å². The van der Waals surface area contributed by atoms with Crippen LogP contribution >= 0.6 is 0 Å². The topological polar surface area (TPSA) is 87.7 Å². The first-order valence-electron chi connectivity index (χ1n) is 8.76. The molecule has 2 aromatic carbocycles. The lowest BCUT2D eigenvalue weighted by atomic mass is 10.1. The molecule has 0 spiro atoms. The third-order valence-electron chi connectivity index (χ3n) is 4.02. The molecule has 0 aliphatic carbocycles. The van der Waals surface area contributed by atoms with E-state index in [0.717, 1.165) is 9.87 Å². The summed E-state index contributed by atoms with van der Waals surface area (Å²) in [6.45, 7) is -2.50. The van der Waals surface area contributed by atoms with E-state index in [2.05, 4.69) is 15.4 Å². The van der Waals surface area contributed by atoms with Crippen molar-refractivity contribution in [3.8, 4) is 5.75 Å². The Morgan fingerprint density at radius 1 is 1.07 bits per heavy atom. The van der Waals surface area contributed by atoms with Crippen molar-refractivity contribution in [2.45, 2.75) is 24.5 Å². The van der Waals surface area contributed by atoms with Gasteiger partial charge >= 0.3 is 12.6 Å². The summed E-state index contributed by atoms with van der Waals surface area (Å²) in [5.74, 6) is 0.0702. The van der Waals surface area contributed by atoms with Crippen molar-refractivity contribution in [3.63, 3.8) is 0 Å². The quantitative estimate of drug-likeness (QED) is 0.644. The minimum absolute atomic E-state index is 0.0503. The Balaban J connectivity index is 1.84. The Hall–Kier alpha value is -2.72. The van der Waals surface area contributed by atoms with Gasteiger partial charge in [-0.25, -0.2) is 17.5 Å². The maximum atomic E-state index is 12.4. The van der Waals surface area contributed by atoms with Crippen molar-refractivity contribution < 1.29 is 26.7 Å². The molecule has 7 nitrogen and oxygen atoms in total. The number of amides is 2. The molecule has 0 radical (unpaired) electrons. The van der Waals surface area contributed by atoms with E-state index in [1.807, 2.05) is 0 Å². The summed E-state index contributed by atoms with van der Waals surface area (Å²) in [4.78, 5) is 12.1. The standard InChI is InChI=1S/C19H23F2N3O4S/c1-24(2)29(26,27)17-6-4-3-5-15(17)13-23-19(25)22-12-11-14-7-9-16(10-8-14)28-18(20)21/h3-10,18H,11-13H2,1-2H3,(H2,22,23,25). The Bertz CT molecular complexity index is 919. The van der Waals surface area contributed by atoms with E-state index in [-0.39, 0.29) is 17.2 Å². The highest BCUT2D eigenvalue weighted by molar-refractivity contribution is 7.89.